The molecule has 0 aliphatic heterocycles. The summed E-state index contributed by atoms with van der Waals surface area (Å²) in [4.78, 5) is 24.5. The van der Waals surface area contributed by atoms with Crippen molar-refractivity contribution in [3.05, 3.63) is 68.3 Å². The summed E-state index contributed by atoms with van der Waals surface area (Å²) >= 11 is 4.23. The van der Waals surface area contributed by atoms with Gasteiger partial charge in [-0.2, -0.15) is 0 Å². The van der Waals surface area contributed by atoms with Crippen LogP contribution in [0.3, 0.4) is 0 Å². The fourth-order valence-electron chi connectivity index (χ4n) is 2.26. The molecule has 2 N–H and O–H groups in total. The Hall–Kier alpha value is -2.85. The average molecular weight is 465 g/mol. The minimum Gasteiger partial charge on any atom is -0.496 e. The molecule has 0 radical (unpaired) electrons. The van der Waals surface area contributed by atoms with Crippen molar-refractivity contribution in [3.8, 4) is 5.75 Å². The SMILES string of the molecule is COc1ccc(Br)cc1CNC(=O)c1nnc(C(=O)Nc2ccc(F)cc2)s1. The highest BCUT2D eigenvalue weighted by atomic mass is 79.9. The molecule has 1 heterocycles. The van der Waals surface area contributed by atoms with Gasteiger partial charge in [-0.1, -0.05) is 27.3 Å². The molecule has 3 rings (SSSR count). The number of carbonyl (C=O) groups is 2. The van der Waals surface area contributed by atoms with E-state index in [1.165, 1.54) is 24.3 Å². The van der Waals surface area contributed by atoms with Crippen LogP contribution in [0.15, 0.2) is 46.9 Å². The van der Waals surface area contributed by atoms with E-state index < -0.39 is 17.6 Å². The maximum atomic E-state index is 12.9. The molecule has 10 heteroatoms. The van der Waals surface area contributed by atoms with Gasteiger partial charge in [0.05, 0.1) is 7.11 Å². The third kappa shape index (κ3) is 4.90. The number of halogens is 2. The third-order valence-electron chi connectivity index (χ3n) is 3.60. The van der Waals surface area contributed by atoms with Crippen LogP contribution in [0.1, 0.15) is 25.2 Å². The number of benzene rings is 2. The zero-order valence-electron chi connectivity index (χ0n) is 14.5. The molecule has 1 aromatic heterocycles. The maximum absolute atomic E-state index is 12.9. The Morgan fingerprint density at radius 1 is 1.11 bits per heavy atom. The zero-order chi connectivity index (χ0) is 20.1. The molecule has 0 aliphatic rings. The number of amides is 2. The Kier molecular flexibility index (Phi) is 6.32. The minimum atomic E-state index is -0.531. The van der Waals surface area contributed by atoms with Gasteiger partial charge in [-0.25, -0.2) is 4.39 Å². The van der Waals surface area contributed by atoms with Crippen LogP contribution >= 0.6 is 27.3 Å². The van der Waals surface area contributed by atoms with Crippen molar-refractivity contribution in [1.29, 1.82) is 0 Å². The summed E-state index contributed by atoms with van der Waals surface area (Å²) in [5.74, 6) is -0.757. The topological polar surface area (TPSA) is 93.2 Å². The average Bonchev–Trinajstić information content (AvgIpc) is 3.18. The Labute approximate surface area is 172 Å². The molecule has 0 unspecified atom stereocenters. The summed E-state index contributed by atoms with van der Waals surface area (Å²) in [7, 11) is 1.55. The Morgan fingerprint density at radius 3 is 2.46 bits per heavy atom. The van der Waals surface area contributed by atoms with Crippen molar-refractivity contribution in [2.24, 2.45) is 0 Å². The van der Waals surface area contributed by atoms with Crippen molar-refractivity contribution in [2.45, 2.75) is 6.54 Å². The number of hydrogen-bond acceptors (Lipinski definition) is 6. The van der Waals surface area contributed by atoms with Gasteiger partial charge in [0.1, 0.15) is 11.6 Å². The monoisotopic (exact) mass is 464 g/mol. The smallest absolute Gasteiger partial charge is 0.286 e. The molecule has 0 spiro atoms. The summed E-state index contributed by atoms with van der Waals surface area (Å²) in [6.07, 6.45) is 0. The number of aromatic nitrogens is 2. The van der Waals surface area contributed by atoms with E-state index in [1.54, 1.807) is 13.2 Å². The van der Waals surface area contributed by atoms with E-state index >= 15 is 0 Å². The number of anilines is 1. The molecule has 0 saturated heterocycles. The number of methoxy groups -OCH3 is 1. The summed E-state index contributed by atoms with van der Waals surface area (Å²) < 4.78 is 19.0. The zero-order valence-corrected chi connectivity index (χ0v) is 16.9. The van der Waals surface area contributed by atoms with Gasteiger partial charge in [-0.3, -0.25) is 9.59 Å². The molecule has 0 aliphatic carbocycles. The Bertz CT molecular complexity index is 1010. The summed E-state index contributed by atoms with van der Waals surface area (Å²) in [6.45, 7) is 0.220. The number of carbonyl (C=O) groups excluding carboxylic acids is 2. The maximum Gasteiger partial charge on any atom is 0.286 e. The molecule has 28 heavy (non-hydrogen) atoms. The van der Waals surface area contributed by atoms with Crippen LogP contribution in [0.2, 0.25) is 0 Å². The van der Waals surface area contributed by atoms with Gasteiger partial charge < -0.3 is 15.4 Å². The first-order valence-corrected chi connectivity index (χ1v) is 9.58. The molecule has 7 nitrogen and oxygen atoms in total. The van der Waals surface area contributed by atoms with Gasteiger partial charge in [-0.05, 0) is 42.5 Å². The number of nitrogens with zero attached hydrogens (tertiary/aromatic N) is 2. The molecular formula is C18H14BrFN4O3S. The first kappa shape index (κ1) is 19.9. The molecular weight excluding hydrogens is 451 g/mol. The van der Waals surface area contributed by atoms with E-state index in [0.717, 1.165) is 21.4 Å². The number of ether oxygens (including phenoxy) is 1. The second-order valence-corrected chi connectivity index (χ2v) is 7.41. The Balaban J connectivity index is 1.63. The van der Waals surface area contributed by atoms with Crippen LogP contribution in [0.4, 0.5) is 10.1 Å². The largest absolute Gasteiger partial charge is 0.496 e. The van der Waals surface area contributed by atoms with Crippen LogP contribution in [0.5, 0.6) is 5.75 Å². The third-order valence-corrected chi connectivity index (χ3v) is 5.01. The molecule has 2 amide bonds. The van der Waals surface area contributed by atoms with Gasteiger partial charge >= 0.3 is 0 Å². The summed E-state index contributed by atoms with van der Waals surface area (Å²) in [5.41, 5.74) is 1.19. The minimum absolute atomic E-state index is 0.0227. The second kappa shape index (κ2) is 8.89. The van der Waals surface area contributed by atoms with Gasteiger partial charge in [0.15, 0.2) is 0 Å². The van der Waals surface area contributed by atoms with Crippen molar-refractivity contribution in [2.75, 3.05) is 12.4 Å². The van der Waals surface area contributed by atoms with E-state index in [0.29, 0.717) is 11.4 Å². The highest BCUT2D eigenvalue weighted by Crippen LogP contribution is 2.23. The predicted octanol–water partition coefficient (Wildman–Crippen LogP) is 3.63. The van der Waals surface area contributed by atoms with Crippen molar-refractivity contribution >= 4 is 44.8 Å². The highest BCUT2D eigenvalue weighted by Gasteiger charge is 2.18. The van der Waals surface area contributed by atoms with E-state index in [4.69, 9.17) is 4.74 Å². The lowest BCUT2D eigenvalue weighted by Crippen LogP contribution is -2.23. The number of hydrogen-bond donors (Lipinski definition) is 2. The quantitative estimate of drug-likeness (QED) is 0.580. The number of rotatable bonds is 6. The lowest BCUT2D eigenvalue weighted by atomic mass is 10.2. The van der Waals surface area contributed by atoms with Crippen LogP contribution in [-0.2, 0) is 6.54 Å². The lowest BCUT2D eigenvalue weighted by Gasteiger charge is -2.09. The van der Waals surface area contributed by atoms with Crippen LogP contribution in [-0.4, -0.2) is 29.1 Å². The van der Waals surface area contributed by atoms with Crippen molar-refractivity contribution < 1.29 is 18.7 Å². The first-order chi connectivity index (χ1) is 13.5. The van der Waals surface area contributed by atoms with Crippen LogP contribution < -0.4 is 15.4 Å². The Morgan fingerprint density at radius 2 is 1.79 bits per heavy atom. The number of nitrogens with one attached hydrogen (secondary N) is 2. The van der Waals surface area contributed by atoms with Crippen molar-refractivity contribution in [1.82, 2.24) is 15.5 Å². The predicted molar refractivity (Wildman–Crippen MR) is 106 cm³/mol. The van der Waals surface area contributed by atoms with Gasteiger partial charge in [0.2, 0.25) is 10.0 Å². The van der Waals surface area contributed by atoms with E-state index in [2.05, 4.69) is 36.8 Å². The molecule has 3 aromatic rings. The van der Waals surface area contributed by atoms with Crippen LogP contribution in [0.25, 0.3) is 0 Å². The summed E-state index contributed by atoms with van der Waals surface area (Å²) in [5, 5.41) is 12.9. The van der Waals surface area contributed by atoms with Crippen molar-refractivity contribution in [3.63, 3.8) is 0 Å². The molecule has 0 fully saturated rings. The van der Waals surface area contributed by atoms with Gasteiger partial charge in [-0.15, -0.1) is 10.2 Å². The van der Waals surface area contributed by atoms with Gasteiger partial charge in [0, 0.05) is 22.3 Å². The molecule has 0 saturated carbocycles. The lowest BCUT2D eigenvalue weighted by molar-refractivity contribution is 0.0948. The van der Waals surface area contributed by atoms with E-state index in [1.807, 2.05) is 12.1 Å². The first-order valence-electron chi connectivity index (χ1n) is 7.97. The second-order valence-electron chi connectivity index (χ2n) is 5.51. The fourth-order valence-corrected chi connectivity index (χ4v) is 3.32. The summed E-state index contributed by atoms with van der Waals surface area (Å²) in [6, 6.07) is 10.8. The molecule has 0 bridgehead atoms. The molecule has 0 atom stereocenters. The fraction of sp³-hybridized carbons (Fsp3) is 0.111. The highest BCUT2D eigenvalue weighted by molar-refractivity contribution is 9.10. The molecule has 144 valence electrons. The van der Waals surface area contributed by atoms with E-state index in [-0.39, 0.29) is 16.6 Å². The standard InChI is InChI=1S/C18H14BrFN4O3S/c1-27-14-7-2-11(19)8-10(14)9-21-15(25)17-23-24-18(28-17)16(26)22-13-5-3-12(20)4-6-13/h2-8H,9H2,1H3,(H,21,25)(H,22,26). The van der Waals surface area contributed by atoms with Gasteiger partial charge in [0.25, 0.3) is 11.8 Å². The van der Waals surface area contributed by atoms with E-state index in [9.17, 15) is 14.0 Å². The van der Waals surface area contributed by atoms with Crippen LogP contribution in [0, 0.1) is 5.82 Å². The molecule has 2 aromatic carbocycles. The normalized spacial score (nSPS) is 10.4.